The molecule has 0 amide bonds. The van der Waals surface area contributed by atoms with Gasteiger partial charge in [0.15, 0.2) is 0 Å². The third kappa shape index (κ3) is 3.02. The highest BCUT2D eigenvalue weighted by Crippen LogP contribution is 2.57. The Morgan fingerprint density at radius 1 is 0.667 bits per heavy atom. The summed E-state index contributed by atoms with van der Waals surface area (Å²) < 4.78 is 29.2. The Morgan fingerprint density at radius 2 is 1.07 bits per heavy atom. The van der Waals surface area contributed by atoms with E-state index in [2.05, 4.69) is 25.7 Å². The number of hydrogen-bond acceptors (Lipinski definition) is 3. The normalized spacial score (nSPS) is 34.6. The molecule has 1 aliphatic heterocycles. The molecule has 0 spiro atoms. The SMILES string of the molecule is Cc1c(C)c(C)c(S(=O)(=O)N2CCN(C34CC5CC(CC(C5)C3)C4)CC2)c(C)c1C. The van der Waals surface area contributed by atoms with Crippen LogP contribution in [0.5, 0.6) is 0 Å². The van der Waals surface area contributed by atoms with Crippen molar-refractivity contribution in [3.8, 4) is 0 Å². The van der Waals surface area contributed by atoms with Crippen LogP contribution in [0, 0.1) is 52.4 Å². The van der Waals surface area contributed by atoms with Gasteiger partial charge >= 0.3 is 0 Å². The Hall–Kier alpha value is -0.910. The van der Waals surface area contributed by atoms with E-state index in [-0.39, 0.29) is 0 Å². The van der Waals surface area contributed by atoms with Crippen molar-refractivity contribution in [2.75, 3.05) is 26.2 Å². The van der Waals surface area contributed by atoms with Crippen LogP contribution in [-0.2, 0) is 10.0 Å². The van der Waals surface area contributed by atoms with Crippen LogP contribution in [0.4, 0.5) is 0 Å². The van der Waals surface area contributed by atoms with E-state index in [1.807, 2.05) is 13.8 Å². The fourth-order valence-electron chi connectivity index (χ4n) is 7.84. The van der Waals surface area contributed by atoms with Crippen molar-refractivity contribution in [3.63, 3.8) is 0 Å². The first-order chi connectivity index (χ1) is 14.1. The largest absolute Gasteiger partial charge is 0.295 e. The van der Waals surface area contributed by atoms with Crippen LogP contribution in [0.15, 0.2) is 4.90 Å². The molecule has 4 aliphatic carbocycles. The first-order valence-electron chi connectivity index (χ1n) is 11.9. The average molecular weight is 431 g/mol. The number of nitrogens with zero attached hydrogens (tertiary/aromatic N) is 2. The highest BCUT2D eigenvalue weighted by Gasteiger charge is 2.54. The third-order valence-electron chi connectivity index (χ3n) is 9.44. The van der Waals surface area contributed by atoms with Gasteiger partial charge in [0, 0.05) is 31.7 Å². The summed E-state index contributed by atoms with van der Waals surface area (Å²) in [7, 11) is -3.46. The van der Waals surface area contributed by atoms with Gasteiger partial charge in [0.1, 0.15) is 0 Å². The van der Waals surface area contributed by atoms with Crippen molar-refractivity contribution in [1.82, 2.24) is 9.21 Å². The molecule has 0 aromatic heterocycles. The molecule has 166 valence electrons. The van der Waals surface area contributed by atoms with Crippen LogP contribution in [0.25, 0.3) is 0 Å². The van der Waals surface area contributed by atoms with E-state index in [0.29, 0.717) is 23.5 Å². The molecule has 1 aromatic carbocycles. The molecule has 0 radical (unpaired) electrons. The first-order valence-corrected chi connectivity index (χ1v) is 13.4. The van der Waals surface area contributed by atoms with Crippen LogP contribution in [0.2, 0.25) is 0 Å². The van der Waals surface area contributed by atoms with Crippen LogP contribution in [-0.4, -0.2) is 49.3 Å². The highest BCUT2D eigenvalue weighted by molar-refractivity contribution is 7.89. The van der Waals surface area contributed by atoms with Gasteiger partial charge in [-0.1, -0.05) is 0 Å². The van der Waals surface area contributed by atoms with E-state index in [1.54, 1.807) is 4.31 Å². The molecule has 1 heterocycles. The Balaban J connectivity index is 1.37. The summed E-state index contributed by atoms with van der Waals surface area (Å²) in [6.07, 6.45) is 8.45. The lowest BCUT2D eigenvalue weighted by Crippen LogP contribution is -2.64. The fourth-order valence-corrected chi connectivity index (χ4v) is 9.82. The van der Waals surface area contributed by atoms with Gasteiger partial charge in [0.2, 0.25) is 10.0 Å². The van der Waals surface area contributed by atoms with Crippen molar-refractivity contribution in [1.29, 1.82) is 0 Å². The summed E-state index contributed by atoms with van der Waals surface area (Å²) in [5.74, 6) is 2.80. The highest BCUT2D eigenvalue weighted by atomic mass is 32.2. The molecule has 30 heavy (non-hydrogen) atoms. The summed E-state index contributed by atoms with van der Waals surface area (Å²) in [6, 6.07) is 0. The van der Waals surface area contributed by atoms with Gasteiger partial charge in [-0.25, -0.2) is 8.42 Å². The predicted octanol–water partition coefficient (Wildman–Crippen LogP) is 4.50. The van der Waals surface area contributed by atoms with Crippen LogP contribution in [0.1, 0.15) is 66.3 Å². The topological polar surface area (TPSA) is 40.6 Å². The van der Waals surface area contributed by atoms with Gasteiger partial charge in [-0.2, -0.15) is 4.31 Å². The maximum Gasteiger partial charge on any atom is 0.243 e. The van der Waals surface area contributed by atoms with Crippen molar-refractivity contribution in [2.24, 2.45) is 17.8 Å². The molecule has 1 aromatic rings. The summed E-state index contributed by atoms with van der Waals surface area (Å²) in [5, 5.41) is 0. The number of hydrogen-bond donors (Lipinski definition) is 0. The summed E-state index contributed by atoms with van der Waals surface area (Å²) >= 11 is 0. The maximum atomic E-state index is 13.7. The second kappa shape index (κ2) is 7.05. The van der Waals surface area contributed by atoms with Crippen LogP contribution in [0.3, 0.4) is 0 Å². The van der Waals surface area contributed by atoms with Crippen molar-refractivity contribution in [3.05, 3.63) is 27.8 Å². The van der Waals surface area contributed by atoms with E-state index in [9.17, 15) is 8.42 Å². The second-order valence-corrected chi connectivity index (χ2v) is 12.9. The smallest absolute Gasteiger partial charge is 0.243 e. The molecule has 0 N–H and O–H groups in total. The molecule has 0 unspecified atom stereocenters. The van der Waals surface area contributed by atoms with E-state index in [4.69, 9.17) is 0 Å². The van der Waals surface area contributed by atoms with Crippen LogP contribution >= 0.6 is 0 Å². The van der Waals surface area contributed by atoms with Crippen LogP contribution < -0.4 is 0 Å². The van der Waals surface area contributed by atoms with E-state index in [0.717, 1.165) is 53.1 Å². The number of piperazine rings is 1. The van der Waals surface area contributed by atoms with Crippen molar-refractivity contribution < 1.29 is 8.42 Å². The molecule has 6 rings (SSSR count). The summed E-state index contributed by atoms with van der Waals surface area (Å²) in [4.78, 5) is 3.26. The molecular weight excluding hydrogens is 392 g/mol. The molecule has 0 atom stereocenters. The number of benzene rings is 1. The van der Waals surface area contributed by atoms with E-state index < -0.39 is 10.0 Å². The zero-order chi connectivity index (χ0) is 21.4. The van der Waals surface area contributed by atoms with Gasteiger partial charge in [0.25, 0.3) is 0 Å². The third-order valence-corrected chi connectivity index (χ3v) is 11.6. The lowest BCUT2D eigenvalue weighted by Gasteiger charge is -2.61. The molecule has 4 saturated carbocycles. The van der Waals surface area contributed by atoms with E-state index >= 15 is 0 Å². The van der Waals surface area contributed by atoms with Crippen molar-refractivity contribution >= 4 is 10.0 Å². The zero-order valence-corrected chi connectivity index (χ0v) is 20.2. The molecule has 5 fully saturated rings. The molecule has 4 bridgehead atoms. The Morgan fingerprint density at radius 3 is 1.50 bits per heavy atom. The quantitative estimate of drug-likeness (QED) is 0.709. The molecule has 1 saturated heterocycles. The lowest BCUT2D eigenvalue weighted by atomic mass is 9.52. The predicted molar refractivity (Wildman–Crippen MR) is 121 cm³/mol. The Labute approximate surface area is 183 Å². The Bertz CT molecular complexity index is 909. The number of sulfonamides is 1. The second-order valence-electron chi connectivity index (χ2n) is 11.0. The minimum Gasteiger partial charge on any atom is -0.295 e. The average Bonchev–Trinajstić information content (AvgIpc) is 2.70. The number of rotatable bonds is 3. The standard InChI is InChI=1S/C25H38N2O2S/c1-16-17(2)19(4)24(20(5)18(16)3)30(28,29)27-8-6-26(7-9-27)25-13-21-10-22(14-25)12-23(11-21)15-25/h21-23H,6-15H2,1-5H3. The molecule has 5 heteroatoms. The lowest BCUT2D eigenvalue weighted by molar-refractivity contribution is -0.0964. The minimum atomic E-state index is -3.46. The van der Waals surface area contributed by atoms with Gasteiger partial charge < -0.3 is 0 Å². The molecule has 4 nitrogen and oxygen atoms in total. The van der Waals surface area contributed by atoms with Gasteiger partial charge in [-0.05, 0) is 119 Å². The van der Waals surface area contributed by atoms with E-state index in [1.165, 1.54) is 44.1 Å². The summed E-state index contributed by atoms with van der Waals surface area (Å²) in [6.45, 7) is 13.2. The maximum absolute atomic E-state index is 13.7. The van der Waals surface area contributed by atoms with Crippen molar-refractivity contribution in [2.45, 2.75) is 83.6 Å². The van der Waals surface area contributed by atoms with Gasteiger partial charge in [0.05, 0.1) is 4.90 Å². The fraction of sp³-hybridized carbons (Fsp3) is 0.760. The monoisotopic (exact) mass is 430 g/mol. The first kappa shape index (κ1) is 21.0. The molecular formula is C25H38N2O2S. The Kier molecular flexibility index (Phi) is 4.92. The molecule has 5 aliphatic rings. The van der Waals surface area contributed by atoms with Gasteiger partial charge in [-0.15, -0.1) is 0 Å². The van der Waals surface area contributed by atoms with Gasteiger partial charge in [-0.3, -0.25) is 4.90 Å². The summed E-state index contributed by atoms with van der Waals surface area (Å²) in [5.41, 5.74) is 5.69. The minimum absolute atomic E-state index is 0.382. The zero-order valence-electron chi connectivity index (χ0n) is 19.4.